The van der Waals surface area contributed by atoms with Gasteiger partial charge in [0.2, 0.25) is 0 Å². The van der Waals surface area contributed by atoms with Crippen molar-refractivity contribution in [2.24, 2.45) is 5.16 Å². The van der Waals surface area contributed by atoms with Gasteiger partial charge in [0.1, 0.15) is 0 Å². The molecule has 2 rings (SSSR count). The van der Waals surface area contributed by atoms with Gasteiger partial charge in [-0.05, 0) is 55.5 Å². The van der Waals surface area contributed by atoms with E-state index in [1.54, 1.807) is 6.21 Å². The molecule has 3 nitrogen and oxygen atoms in total. The summed E-state index contributed by atoms with van der Waals surface area (Å²) in [4.78, 5) is 2.08. The van der Waals surface area contributed by atoms with Gasteiger partial charge in [0.05, 0.1) is 6.21 Å². The fourth-order valence-electron chi connectivity index (χ4n) is 2.80. The van der Waals surface area contributed by atoms with Crippen molar-refractivity contribution < 1.29 is 5.21 Å². The van der Waals surface area contributed by atoms with Gasteiger partial charge in [-0.25, -0.2) is 0 Å². The van der Waals surface area contributed by atoms with Crippen LogP contribution in [0.4, 0.5) is 5.69 Å². The van der Waals surface area contributed by atoms with Crippen LogP contribution in [0.5, 0.6) is 0 Å². The highest BCUT2D eigenvalue weighted by atomic mass is 16.4. The Hall–Kier alpha value is -2.03. The molecule has 0 atom stereocenters. The van der Waals surface area contributed by atoms with Crippen LogP contribution in [0.25, 0.3) is 5.57 Å². The first-order chi connectivity index (χ1) is 9.47. The molecule has 3 heteroatoms. The summed E-state index contributed by atoms with van der Waals surface area (Å²) in [5.74, 6) is 0. The fraction of sp³-hybridized carbons (Fsp3) is 0.353. The summed E-state index contributed by atoms with van der Waals surface area (Å²) in [7, 11) is 4.04. The summed E-state index contributed by atoms with van der Waals surface area (Å²) < 4.78 is 0. The summed E-state index contributed by atoms with van der Waals surface area (Å²) >= 11 is 0. The van der Waals surface area contributed by atoms with E-state index in [1.807, 2.05) is 14.1 Å². The Morgan fingerprint density at radius 2 is 1.90 bits per heavy atom. The minimum atomic E-state index is 0.949. The van der Waals surface area contributed by atoms with Crippen molar-refractivity contribution in [1.82, 2.24) is 0 Å². The number of benzene rings is 1. The van der Waals surface area contributed by atoms with Crippen LogP contribution < -0.4 is 4.90 Å². The maximum Gasteiger partial charge on any atom is 0.0743 e. The predicted octanol–water partition coefficient (Wildman–Crippen LogP) is 3.99. The van der Waals surface area contributed by atoms with Crippen LogP contribution in [0.3, 0.4) is 0 Å². The topological polar surface area (TPSA) is 35.8 Å². The van der Waals surface area contributed by atoms with Gasteiger partial charge >= 0.3 is 0 Å². The van der Waals surface area contributed by atoms with Crippen LogP contribution in [-0.2, 0) is 0 Å². The highest BCUT2D eigenvalue weighted by Gasteiger charge is 2.18. The smallest absolute Gasteiger partial charge is 0.0743 e. The molecule has 0 radical (unpaired) electrons. The number of hydrogen-bond donors (Lipinski definition) is 1. The van der Waals surface area contributed by atoms with E-state index < -0.39 is 0 Å². The second-order valence-electron chi connectivity index (χ2n) is 5.50. The van der Waals surface area contributed by atoms with Gasteiger partial charge in [0.25, 0.3) is 0 Å². The predicted molar refractivity (Wildman–Crippen MR) is 85.9 cm³/mol. The first-order valence-electron chi connectivity index (χ1n) is 6.83. The van der Waals surface area contributed by atoms with Gasteiger partial charge in [-0.15, -0.1) is 0 Å². The minimum absolute atomic E-state index is 0.949. The normalized spacial score (nSPS) is 15.2. The van der Waals surface area contributed by atoms with Gasteiger partial charge in [0, 0.05) is 25.3 Å². The molecule has 0 fully saturated rings. The lowest BCUT2D eigenvalue weighted by Gasteiger charge is -2.20. The number of allylic oxidation sites excluding steroid dienone is 4. The van der Waals surface area contributed by atoms with Gasteiger partial charge in [-0.2, -0.15) is 0 Å². The molecule has 106 valence electrons. The fourth-order valence-corrected chi connectivity index (χ4v) is 2.80. The van der Waals surface area contributed by atoms with Crippen molar-refractivity contribution in [2.45, 2.75) is 27.2 Å². The zero-order valence-corrected chi connectivity index (χ0v) is 12.9. The van der Waals surface area contributed by atoms with Crippen molar-refractivity contribution in [2.75, 3.05) is 19.0 Å². The largest absolute Gasteiger partial charge is 0.411 e. The minimum Gasteiger partial charge on any atom is -0.411 e. The number of rotatable bonds is 3. The SMILES string of the molecule is CC1=CCC(c2ccc(N(C)C)c(C)c2/C=N/O)=C1C. The van der Waals surface area contributed by atoms with E-state index in [-0.39, 0.29) is 0 Å². The average Bonchev–Trinajstić information content (AvgIpc) is 2.72. The number of hydrogen-bond acceptors (Lipinski definition) is 3. The molecule has 0 unspecified atom stereocenters. The molecule has 0 aromatic heterocycles. The summed E-state index contributed by atoms with van der Waals surface area (Å²) in [6.07, 6.45) is 4.75. The Kier molecular flexibility index (Phi) is 3.98. The number of oxime groups is 1. The first-order valence-corrected chi connectivity index (χ1v) is 6.83. The highest BCUT2D eigenvalue weighted by Crippen LogP contribution is 2.37. The molecule has 1 aliphatic carbocycles. The standard InChI is InChI=1S/C17H22N2O/c1-11-6-7-14(12(11)2)15-8-9-17(19(4)5)13(3)16(15)10-18-20/h6,8-10,20H,7H2,1-5H3/b18-10+. The Morgan fingerprint density at radius 1 is 1.20 bits per heavy atom. The van der Waals surface area contributed by atoms with E-state index >= 15 is 0 Å². The molecule has 1 aliphatic rings. The van der Waals surface area contributed by atoms with E-state index in [0.29, 0.717) is 0 Å². The Balaban J connectivity index is 2.64. The van der Waals surface area contributed by atoms with Gasteiger partial charge in [-0.3, -0.25) is 0 Å². The van der Waals surface area contributed by atoms with Crippen LogP contribution in [0.2, 0.25) is 0 Å². The van der Waals surface area contributed by atoms with Crippen LogP contribution in [0.15, 0.2) is 34.5 Å². The second-order valence-corrected chi connectivity index (χ2v) is 5.50. The van der Waals surface area contributed by atoms with Gasteiger partial charge in [0.15, 0.2) is 0 Å². The summed E-state index contributed by atoms with van der Waals surface area (Å²) in [5, 5.41) is 12.2. The molecule has 0 spiro atoms. The molecular weight excluding hydrogens is 248 g/mol. The van der Waals surface area contributed by atoms with E-state index in [0.717, 1.165) is 28.8 Å². The van der Waals surface area contributed by atoms with Crippen molar-refractivity contribution >= 4 is 17.5 Å². The maximum atomic E-state index is 8.99. The van der Waals surface area contributed by atoms with E-state index in [2.05, 4.69) is 49.0 Å². The van der Waals surface area contributed by atoms with Crippen molar-refractivity contribution in [1.29, 1.82) is 0 Å². The molecule has 0 heterocycles. The molecular formula is C17H22N2O. The third-order valence-corrected chi connectivity index (χ3v) is 4.14. The van der Waals surface area contributed by atoms with E-state index in [1.165, 1.54) is 16.7 Å². The van der Waals surface area contributed by atoms with E-state index in [9.17, 15) is 0 Å². The molecule has 0 saturated carbocycles. The molecule has 0 aliphatic heterocycles. The van der Waals surface area contributed by atoms with Crippen LogP contribution in [0, 0.1) is 6.92 Å². The monoisotopic (exact) mass is 270 g/mol. The summed E-state index contributed by atoms with van der Waals surface area (Å²) in [6, 6.07) is 4.26. The van der Waals surface area contributed by atoms with Crippen LogP contribution >= 0.6 is 0 Å². The van der Waals surface area contributed by atoms with Crippen LogP contribution in [0.1, 0.15) is 37.0 Å². The maximum absolute atomic E-state index is 8.99. The lowest BCUT2D eigenvalue weighted by atomic mass is 9.92. The second kappa shape index (κ2) is 5.53. The molecule has 1 aromatic carbocycles. The molecule has 1 aromatic rings. The van der Waals surface area contributed by atoms with Crippen LogP contribution in [-0.4, -0.2) is 25.5 Å². The summed E-state index contributed by atoms with van der Waals surface area (Å²) in [6.45, 7) is 6.37. The average molecular weight is 270 g/mol. The van der Waals surface area contributed by atoms with Crippen molar-refractivity contribution in [3.05, 3.63) is 46.0 Å². The van der Waals surface area contributed by atoms with Crippen molar-refractivity contribution in [3.63, 3.8) is 0 Å². The Morgan fingerprint density at radius 3 is 2.40 bits per heavy atom. The third-order valence-electron chi connectivity index (χ3n) is 4.14. The molecule has 0 amide bonds. The molecule has 1 N–H and O–H groups in total. The lowest BCUT2D eigenvalue weighted by molar-refractivity contribution is 0.322. The molecule has 20 heavy (non-hydrogen) atoms. The van der Waals surface area contributed by atoms with Gasteiger partial charge < -0.3 is 10.1 Å². The highest BCUT2D eigenvalue weighted by molar-refractivity contribution is 5.94. The Bertz CT molecular complexity index is 622. The van der Waals surface area contributed by atoms with E-state index in [4.69, 9.17) is 5.21 Å². The first kappa shape index (κ1) is 14.4. The quantitative estimate of drug-likeness (QED) is 0.512. The summed E-state index contributed by atoms with van der Waals surface area (Å²) in [5.41, 5.74) is 8.43. The Labute approximate surface area is 120 Å². The zero-order valence-electron chi connectivity index (χ0n) is 12.9. The van der Waals surface area contributed by atoms with Crippen molar-refractivity contribution in [3.8, 4) is 0 Å². The number of anilines is 1. The zero-order chi connectivity index (χ0) is 14.9. The molecule has 0 bridgehead atoms. The van der Waals surface area contributed by atoms with Gasteiger partial charge in [-0.1, -0.05) is 22.9 Å². The number of nitrogens with zero attached hydrogens (tertiary/aromatic N) is 2. The molecule has 0 saturated heterocycles. The lowest BCUT2D eigenvalue weighted by Crippen LogP contribution is -2.12. The third kappa shape index (κ3) is 2.36.